The average Bonchev–Trinajstić information content (AvgIpc) is 3.29. The molecule has 1 atom stereocenters. The molecule has 194 valence electrons. The van der Waals surface area contributed by atoms with Crippen molar-refractivity contribution in [3.63, 3.8) is 0 Å². The first kappa shape index (κ1) is 25.3. The van der Waals surface area contributed by atoms with E-state index in [1.165, 1.54) is 25.6 Å². The number of anilines is 1. The Morgan fingerprint density at radius 3 is 2.68 bits per heavy atom. The van der Waals surface area contributed by atoms with Crippen LogP contribution in [0.3, 0.4) is 0 Å². The van der Waals surface area contributed by atoms with Gasteiger partial charge in [0.15, 0.2) is 5.69 Å². The Morgan fingerprint density at radius 1 is 1.16 bits per heavy atom. The SMILES string of the molecule is [C-]#[N+]c1ccc(N2CCC[C@@H](C)C2)cc1-c1ccc(Cn2c(OCC)nc3cccc(C(=O)OC)c32)cc1. The number of hydrogen-bond acceptors (Lipinski definition) is 5. The van der Waals surface area contributed by atoms with E-state index >= 15 is 0 Å². The van der Waals surface area contributed by atoms with Crippen LogP contribution in [0.1, 0.15) is 42.6 Å². The predicted octanol–water partition coefficient (Wildman–Crippen LogP) is 6.72. The number of ether oxygens (including phenoxy) is 2. The summed E-state index contributed by atoms with van der Waals surface area (Å²) < 4.78 is 12.8. The van der Waals surface area contributed by atoms with Crippen LogP contribution in [-0.2, 0) is 11.3 Å². The summed E-state index contributed by atoms with van der Waals surface area (Å²) in [5.41, 5.74) is 6.60. The van der Waals surface area contributed by atoms with Crippen LogP contribution in [0.15, 0.2) is 60.7 Å². The van der Waals surface area contributed by atoms with Crippen LogP contribution >= 0.6 is 0 Å². The lowest BCUT2D eigenvalue weighted by molar-refractivity contribution is 0.0602. The Morgan fingerprint density at radius 2 is 1.97 bits per heavy atom. The molecule has 38 heavy (non-hydrogen) atoms. The lowest BCUT2D eigenvalue weighted by atomic mass is 9.97. The topological polar surface area (TPSA) is 61.0 Å². The average molecular weight is 509 g/mol. The van der Waals surface area contributed by atoms with E-state index in [1.807, 2.05) is 23.6 Å². The fourth-order valence-electron chi connectivity index (χ4n) is 5.27. The summed E-state index contributed by atoms with van der Waals surface area (Å²) >= 11 is 0. The Kier molecular flexibility index (Phi) is 7.32. The first-order chi connectivity index (χ1) is 18.5. The van der Waals surface area contributed by atoms with Gasteiger partial charge in [-0.1, -0.05) is 43.3 Å². The molecule has 1 aliphatic rings. The molecule has 0 saturated carbocycles. The molecule has 1 aromatic heterocycles. The fourth-order valence-corrected chi connectivity index (χ4v) is 5.27. The Hall–Kier alpha value is -4.31. The molecule has 2 heterocycles. The third kappa shape index (κ3) is 4.95. The number of benzene rings is 3. The zero-order valence-electron chi connectivity index (χ0n) is 22.1. The number of carbonyl (C=O) groups is 1. The molecule has 0 bridgehead atoms. The van der Waals surface area contributed by atoms with E-state index in [1.54, 1.807) is 12.1 Å². The highest BCUT2D eigenvalue weighted by atomic mass is 16.5. The standard InChI is InChI=1S/C31H32N4O3/c1-5-38-31-33-28-10-6-9-25(30(36)37-4)29(28)35(31)20-22-11-13-23(14-12-22)26-18-24(15-16-27(26)32-3)34-17-7-8-21(2)19-34/h6,9-16,18,21H,5,7-8,17,19-20H2,1-2,4H3/t21-/m1/s1. The molecule has 7 nitrogen and oxygen atoms in total. The van der Waals surface area contributed by atoms with Crippen molar-refractivity contribution in [1.29, 1.82) is 0 Å². The summed E-state index contributed by atoms with van der Waals surface area (Å²) in [4.78, 5) is 23.3. The van der Waals surface area contributed by atoms with Crippen LogP contribution in [0, 0.1) is 12.5 Å². The summed E-state index contributed by atoms with van der Waals surface area (Å²) in [6, 6.07) is 20.3. The van der Waals surface area contributed by atoms with Crippen molar-refractivity contribution in [3.05, 3.63) is 83.2 Å². The van der Waals surface area contributed by atoms with Crippen LogP contribution in [0.2, 0.25) is 0 Å². The van der Waals surface area contributed by atoms with Gasteiger partial charge in [-0.15, -0.1) is 0 Å². The zero-order valence-corrected chi connectivity index (χ0v) is 22.1. The van der Waals surface area contributed by atoms with Crippen LogP contribution in [-0.4, -0.2) is 42.3 Å². The highest BCUT2D eigenvalue weighted by Gasteiger charge is 2.21. The first-order valence-electron chi connectivity index (χ1n) is 13.1. The highest BCUT2D eigenvalue weighted by Crippen LogP contribution is 2.36. The van der Waals surface area contributed by atoms with Gasteiger partial charge in [-0.3, -0.25) is 4.57 Å². The minimum absolute atomic E-state index is 0.412. The second-order valence-electron chi connectivity index (χ2n) is 9.78. The maximum atomic E-state index is 12.5. The van der Waals surface area contributed by atoms with Crippen LogP contribution in [0.4, 0.5) is 11.4 Å². The van der Waals surface area contributed by atoms with E-state index in [0.29, 0.717) is 47.4 Å². The predicted molar refractivity (Wildman–Crippen MR) is 150 cm³/mol. The van der Waals surface area contributed by atoms with E-state index in [0.717, 1.165) is 29.8 Å². The summed E-state index contributed by atoms with van der Waals surface area (Å²) in [6.45, 7) is 15.0. The van der Waals surface area contributed by atoms with Crippen molar-refractivity contribution in [2.45, 2.75) is 33.2 Å². The van der Waals surface area contributed by atoms with Gasteiger partial charge < -0.3 is 14.4 Å². The Balaban J connectivity index is 1.48. The molecule has 0 spiro atoms. The Labute approximate surface area is 223 Å². The third-order valence-electron chi connectivity index (χ3n) is 7.14. The van der Waals surface area contributed by atoms with Gasteiger partial charge >= 0.3 is 5.97 Å². The molecule has 7 heteroatoms. The van der Waals surface area contributed by atoms with E-state index in [4.69, 9.17) is 16.0 Å². The molecule has 0 unspecified atom stereocenters. The van der Waals surface area contributed by atoms with Crippen molar-refractivity contribution in [2.24, 2.45) is 5.92 Å². The number of esters is 1. The first-order valence-corrected chi connectivity index (χ1v) is 13.1. The van der Waals surface area contributed by atoms with Gasteiger partial charge in [0.1, 0.15) is 0 Å². The number of imidazole rings is 1. The molecule has 0 N–H and O–H groups in total. The summed E-state index contributed by atoms with van der Waals surface area (Å²) in [5, 5.41) is 0. The van der Waals surface area contributed by atoms with Crippen LogP contribution in [0.25, 0.3) is 27.0 Å². The second kappa shape index (κ2) is 11.0. The maximum Gasteiger partial charge on any atom is 0.340 e. The smallest absolute Gasteiger partial charge is 0.340 e. The maximum absolute atomic E-state index is 12.5. The number of carbonyl (C=O) groups excluding carboxylic acids is 1. The normalized spacial score (nSPS) is 15.3. The van der Waals surface area contributed by atoms with Crippen molar-refractivity contribution in [2.75, 3.05) is 31.7 Å². The van der Waals surface area contributed by atoms with Crippen molar-refractivity contribution < 1.29 is 14.3 Å². The number of hydrogen-bond donors (Lipinski definition) is 0. The molecule has 3 aromatic carbocycles. The number of nitrogens with zero attached hydrogens (tertiary/aromatic N) is 4. The number of methoxy groups -OCH3 is 1. The van der Waals surface area contributed by atoms with E-state index in [2.05, 4.69) is 58.1 Å². The number of fused-ring (bicyclic) bond motifs is 1. The molecule has 0 radical (unpaired) electrons. The molecule has 1 fully saturated rings. The quantitative estimate of drug-likeness (QED) is 0.205. The van der Waals surface area contributed by atoms with Gasteiger partial charge in [-0.2, -0.15) is 4.98 Å². The molecule has 0 aliphatic carbocycles. The van der Waals surface area contributed by atoms with Crippen molar-refractivity contribution >= 4 is 28.4 Å². The highest BCUT2D eigenvalue weighted by molar-refractivity contribution is 6.02. The van der Waals surface area contributed by atoms with Crippen molar-refractivity contribution in [3.8, 4) is 17.1 Å². The molecule has 4 aromatic rings. The number of rotatable bonds is 7. The minimum Gasteiger partial charge on any atom is -0.465 e. The number of para-hydroxylation sites is 1. The fraction of sp³-hybridized carbons (Fsp3) is 0.323. The summed E-state index contributed by atoms with van der Waals surface area (Å²) in [7, 11) is 1.38. The lowest BCUT2D eigenvalue weighted by Gasteiger charge is -2.33. The van der Waals surface area contributed by atoms with Crippen LogP contribution < -0.4 is 9.64 Å². The van der Waals surface area contributed by atoms with Gasteiger partial charge in [-0.25, -0.2) is 9.64 Å². The van der Waals surface area contributed by atoms with Crippen LogP contribution in [0.5, 0.6) is 6.01 Å². The molecule has 1 aliphatic heterocycles. The number of aromatic nitrogens is 2. The van der Waals surface area contributed by atoms with Crippen molar-refractivity contribution in [1.82, 2.24) is 9.55 Å². The molecule has 5 rings (SSSR count). The summed E-state index contributed by atoms with van der Waals surface area (Å²) in [5.74, 6) is 0.261. The second-order valence-corrected chi connectivity index (χ2v) is 9.78. The van der Waals surface area contributed by atoms with E-state index in [-0.39, 0.29) is 0 Å². The van der Waals surface area contributed by atoms with Gasteiger partial charge in [0.25, 0.3) is 6.01 Å². The van der Waals surface area contributed by atoms with E-state index in [9.17, 15) is 4.79 Å². The summed E-state index contributed by atoms with van der Waals surface area (Å²) in [6.07, 6.45) is 2.46. The molecule has 1 saturated heterocycles. The molecular formula is C31H32N4O3. The Bertz CT molecular complexity index is 1500. The van der Waals surface area contributed by atoms with Gasteiger partial charge in [0.05, 0.1) is 43.4 Å². The largest absolute Gasteiger partial charge is 0.465 e. The van der Waals surface area contributed by atoms with Gasteiger partial charge in [-0.05, 0) is 66.6 Å². The molecular weight excluding hydrogens is 476 g/mol. The molecule has 0 amide bonds. The van der Waals surface area contributed by atoms with Gasteiger partial charge in [0.2, 0.25) is 0 Å². The minimum atomic E-state index is -0.412. The lowest BCUT2D eigenvalue weighted by Crippen LogP contribution is -2.34. The number of piperidine rings is 1. The third-order valence-corrected chi connectivity index (χ3v) is 7.14. The monoisotopic (exact) mass is 508 g/mol. The van der Waals surface area contributed by atoms with E-state index < -0.39 is 5.97 Å². The zero-order chi connectivity index (χ0) is 26.6. The van der Waals surface area contributed by atoms with Gasteiger partial charge in [0, 0.05) is 18.8 Å².